The number of hydrogen-bond acceptors (Lipinski definition) is 4. The zero-order valence-corrected chi connectivity index (χ0v) is 17.1. The summed E-state index contributed by atoms with van der Waals surface area (Å²) >= 11 is 1.55. The van der Waals surface area contributed by atoms with Gasteiger partial charge in [-0.15, -0.1) is 11.8 Å². The molecule has 0 bridgehead atoms. The van der Waals surface area contributed by atoms with E-state index in [2.05, 4.69) is 37.4 Å². The summed E-state index contributed by atoms with van der Waals surface area (Å²) < 4.78 is 25.2. The largest absolute Gasteiger partial charge is 0.325 e. The highest BCUT2D eigenvalue weighted by Crippen LogP contribution is 2.19. The fourth-order valence-electron chi connectivity index (χ4n) is 2.33. The van der Waals surface area contributed by atoms with Crippen LogP contribution in [0.15, 0.2) is 47.4 Å². The number of nitrogens with zero attached hydrogens (tertiary/aromatic N) is 1. The Labute approximate surface area is 159 Å². The lowest BCUT2D eigenvalue weighted by molar-refractivity contribution is -0.113. The van der Waals surface area contributed by atoms with Crippen LogP contribution in [0.5, 0.6) is 0 Å². The van der Waals surface area contributed by atoms with E-state index in [1.165, 1.54) is 42.9 Å². The van der Waals surface area contributed by atoms with Gasteiger partial charge in [0.05, 0.1) is 10.6 Å². The van der Waals surface area contributed by atoms with Gasteiger partial charge < -0.3 is 5.32 Å². The molecule has 140 valence electrons. The van der Waals surface area contributed by atoms with Crippen molar-refractivity contribution in [2.24, 2.45) is 0 Å². The van der Waals surface area contributed by atoms with E-state index in [-0.39, 0.29) is 10.8 Å². The van der Waals surface area contributed by atoms with E-state index in [0.29, 0.717) is 11.4 Å². The summed E-state index contributed by atoms with van der Waals surface area (Å²) in [6.45, 7) is 4.12. The highest BCUT2D eigenvalue weighted by Gasteiger charge is 2.16. The first-order valence-corrected chi connectivity index (χ1v) is 10.8. The van der Waals surface area contributed by atoms with Gasteiger partial charge in [-0.2, -0.15) is 0 Å². The third-order valence-electron chi connectivity index (χ3n) is 3.91. The summed E-state index contributed by atoms with van der Waals surface area (Å²) in [6, 6.07) is 12.5. The molecule has 0 fully saturated rings. The summed E-state index contributed by atoms with van der Waals surface area (Å²) in [4.78, 5) is 12.3. The van der Waals surface area contributed by atoms with E-state index >= 15 is 0 Å². The average molecular weight is 393 g/mol. The predicted molar refractivity (Wildman–Crippen MR) is 108 cm³/mol. The fourth-order valence-corrected chi connectivity index (χ4v) is 4.12. The van der Waals surface area contributed by atoms with Gasteiger partial charge >= 0.3 is 0 Å². The molecule has 0 atom stereocenters. The van der Waals surface area contributed by atoms with E-state index in [1.54, 1.807) is 23.9 Å². The molecule has 7 heteroatoms. The molecule has 0 heterocycles. The number of carbonyl (C=O) groups excluding carboxylic acids is 1. The second-order valence-electron chi connectivity index (χ2n) is 6.28. The number of nitrogens with one attached hydrogen (secondary N) is 1. The molecule has 0 spiro atoms. The number of amides is 1. The molecule has 2 rings (SSSR count). The summed E-state index contributed by atoms with van der Waals surface area (Å²) in [7, 11) is -0.489. The molecule has 2 aromatic rings. The molecule has 0 aliphatic carbocycles. The van der Waals surface area contributed by atoms with Crippen molar-refractivity contribution < 1.29 is 13.2 Å². The smallest absolute Gasteiger partial charge is 0.242 e. The standard InChI is InChI=1S/C19H24N2O3S2/c1-14-5-6-15(2)16(11-14)12-25-13-19(22)20-17-7-9-18(10-8-17)26(23,24)21(3)4/h5-11H,12-13H2,1-4H3,(H,20,22). The number of anilines is 1. The van der Waals surface area contributed by atoms with Gasteiger partial charge in [0.25, 0.3) is 0 Å². The lowest BCUT2D eigenvalue weighted by atomic mass is 10.1. The normalized spacial score (nSPS) is 11.6. The molecule has 0 aliphatic heterocycles. The third kappa shape index (κ3) is 5.33. The van der Waals surface area contributed by atoms with Crippen molar-refractivity contribution in [3.63, 3.8) is 0 Å². The van der Waals surface area contributed by atoms with Gasteiger partial charge in [0, 0.05) is 25.5 Å². The fraction of sp³-hybridized carbons (Fsp3) is 0.316. The third-order valence-corrected chi connectivity index (χ3v) is 6.72. The van der Waals surface area contributed by atoms with Crippen LogP contribution in [0.3, 0.4) is 0 Å². The number of hydrogen-bond donors (Lipinski definition) is 1. The summed E-state index contributed by atoms with van der Waals surface area (Å²) in [5.41, 5.74) is 4.26. The van der Waals surface area contributed by atoms with Gasteiger partial charge in [-0.1, -0.05) is 23.8 Å². The Morgan fingerprint density at radius 2 is 1.73 bits per heavy atom. The molecule has 0 saturated carbocycles. The van der Waals surface area contributed by atoms with Crippen LogP contribution in [-0.4, -0.2) is 38.5 Å². The predicted octanol–water partition coefficient (Wildman–Crippen LogP) is 3.43. The van der Waals surface area contributed by atoms with Crippen LogP contribution in [-0.2, 0) is 20.6 Å². The summed E-state index contributed by atoms with van der Waals surface area (Å²) in [6.07, 6.45) is 0. The SMILES string of the molecule is Cc1ccc(C)c(CSCC(=O)Nc2ccc(S(=O)(=O)N(C)C)cc2)c1. The van der Waals surface area contributed by atoms with E-state index in [9.17, 15) is 13.2 Å². The van der Waals surface area contributed by atoms with Crippen LogP contribution in [0.1, 0.15) is 16.7 Å². The maximum atomic E-state index is 12.1. The van der Waals surface area contributed by atoms with Crippen molar-refractivity contribution in [2.45, 2.75) is 24.5 Å². The molecule has 1 amide bonds. The zero-order valence-electron chi connectivity index (χ0n) is 15.4. The van der Waals surface area contributed by atoms with Crippen molar-refractivity contribution in [3.05, 3.63) is 59.2 Å². The second-order valence-corrected chi connectivity index (χ2v) is 9.42. The number of carbonyl (C=O) groups is 1. The summed E-state index contributed by atoms with van der Waals surface area (Å²) in [5, 5.41) is 2.79. The highest BCUT2D eigenvalue weighted by atomic mass is 32.2. The van der Waals surface area contributed by atoms with E-state index < -0.39 is 10.0 Å². The van der Waals surface area contributed by atoms with Crippen LogP contribution >= 0.6 is 11.8 Å². The van der Waals surface area contributed by atoms with Gasteiger partial charge in [0.2, 0.25) is 15.9 Å². The first kappa shape index (κ1) is 20.5. The number of sulfonamides is 1. The Kier molecular flexibility index (Phi) is 6.86. The van der Waals surface area contributed by atoms with E-state index in [0.717, 1.165) is 10.1 Å². The van der Waals surface area contributed by atoms with Crippen LogP contribution < -0.4 is 5.32 Å². The lowest BCUT2D eigenvalue weighted by Crippen LogP contribution is -2.22. The maximum absolute atomic E-state index is 12.1. The minimum Gasteiger partial charge on any atom is -0.325 e. The molecule has 26 heavy (non-hydrogen) atoms. The number of rotatable bonds is 7. The second kappa shape index (κ2) is 8.70. The number of aryl methyl sites for hydroxylation is 2. The molecule has 0 aliphatic rings. The minimum absolute atomic E-state index is 0.108. The van der Waals surface area contributed by atoms with Gasteiger partial charge in [-0.3, -0.25) is 4.79 Å². The molecule has 0 aromatic heterocycles. The number of thioether (sulfide) groups is 1. The van der Waals surface area contributed by atoms with Crippen LogP contribution in [0.4, 0.5) is 5.69 Å². The Hall–Kier alpha value is -1.83. The monoisotopic (exact) mass is 392 g/mol. The van der Waals surface area contributed by atoms with Gasteiger partial charge in [0.1, 0.15) is 0 Å². The van der Waals surface area contributed by atoms with Crippen LogP contribution in [0, 0.1) is 13.8 Å². The first-order valence-electron chi connectivity index (χ1n) is 8.16. The Morgan fingerprint density at radius 1 is 1.08 bits per heavy atom. The molecular weight excluding hydrogens is 368 g/mol. The Balaban J connectivity index is 1.89. The van der Waals surface area contributed by atoms with E-state index in [4.69, 9.17) is 0 Å². The molecule has 5 nitrogen and oxygen atoms in total. The Bertz CT molecular complexity index is 876. The van der Waals surface area contributed by atoms with Crippen molar-refractivity contribution in [1.29, 1.82) is 0 Å². The zero-order chi connectivity index (χ0) is 19.3. The quantitative estimate of drug-likeness (QED) is 0.784. The lowest BCUT2D eigenvalue weighted by Gasteiger charge is -2.12. The van der Waals surface area contributed by atoms with Crippen LogP contribution in [0.2, 0.25) is 0 Å². The van der Waals surface area contributed by atoms with Crippen molar-refractivity contribution >= 4 is 33.4 Å². The molecular formula is C19H24N2O3S2. The maximum Gasteiger partial charge on any atom is 0.242 e. The highest BCUT2D eigenvalue weighted by molar-refractivity contribution is 7.99. The van der Waals surface area contributed by atoms with E-state index in [1.807, 2.05) is 0 Å². The average Bonchev–Trinajstić information content (AvgIpc) is 2.58. The van der Waals surface area contributed by atoms with Crippen molar-refractivity contribution in [3.8, 4) is 0 Å². The number of benzene rings is 2. The first-order chi connectivity index (χ1) is 12.2. The topological polar surface area (TPSA) is 66.5 Å². The molecule has 1 N–H and O–H groups in total. The van der Waals surface area contributed by atoms with Gasteiger partial charge in [-0.25, -0.2) is 12.7 Å². The van der Waals surface area contributed by atoms with Crippen molar-refractivity contribution in [1.82, 2.24) is 4.31 Å². The molecule has 2 aromatic carbocycles. The van der Waals surface area contributed by atoms with Gasteiger partial charge in [0.15, 0.2) is 0 Å². The van der Waals surface area contributed by atoms with Gasteiger partial charge in [-0.05, 0) is 49.2 Å². The summed E-state index contributed by atoms with van der Waals surface area (Å²) in [5.74, 6) is 1.01. The Morgan fingerprint density at radius 3 is 2.35 bits per heavy atom. The van der Waals surface area contributed by atoms with Crippen LogP contribution in [0.25, 0.3) is 0 Å². The minimum atomic E-state index is -3.46. The van der Waals surface area contributed by atoms with Crippen molar-refractivity contribution in [2.75, 3.05) is 25.2 Å². The molecule has 0 radical (unpaired) electrons. The molecule has 0 unspecified atom stereocenters. The molecule has 0 saturated heterocycles.